The molecular weight excluding hydrogens is 432 g/mol. The number of fused-ring (bicyclic) bond motifs is 10. The monoisotopic (exact) mass is 462 g/mol. The zero-order valence-corrected chi connectivity index (χ0v) is 21.0. The van der Waals surface area contributed by atoms with Crippen molar-refractivity contribution < 1.29 is 0 Å². The molecular formula is C36H30. The molecule has 0 amide bonds. The Balaban J connectivity index is 1.55. The fourth-order valence-electron chi connectivity index (χ4n) is 6.90. The highest BCUT2D eigenvalue weighted by Gasteiger charge is 2.51. The van der Waals surface area contributed by atoms with Crippen LogP contribution in [-0.2, 0) is 11.8 Å². The number of benzene rings is 5. The molecule has 0 unspecified atom stereocenters. The van der Waals surface area contributed by atoms with Crippen LogP contribution in [0.1, 0.15) is 53.1 Å². The topological polar surface area (TPSA) is 0 Å². The van der Waals surface area contributed by atoms with Gasteiger partial charge in [-0.1, -0.05) is 116 Å². The molecule has 36 heavy (non-hydrogen) atoms. The van der Waals surface area contributed by atoms with Gasteiger partial charge >= 0.3 is 0 Å². The number of hydrogen-bond donors (Lipinski definition) is 0. The fraction of sp³-hybridized carbons (Fsp3) is 0.167. The van der Waals surface area contributed by atoms with Gasteiger partial charge in [0.25, 0.3) is 0 Å². The highest BCUT2D eigenvalue weighted by molar-refractivity contribution is 5.96. The summed E-state index contributed by atoms with van der Waals surface area (Å²) in [6.07, 6.45) is 3.57. The third-order valence-corrected chi connectivity index (χ3v) is 8.45. The van der Waals surface area contributed by atoms with Crippen molar-refractivity contribution in [3.63, 3.8) is 0 Å². The summed E-state index contributed by atoms with van der Waals surface area (Å²) in [5.41, 5.74) is 16.4. The first-order chi connectivity index (χ1) is 17.7. The third kappa shape index (κ3) is 2.76. The Morgan fingerprint density at radius 1 is 0.500 bits per heavy atom. The molecule has 0 nitrogen and oxygen atoms in total. The van der Waals surface area contributed by atoms with E-state index >= 15 is 0 Å². The van der Waals surface area contributed by atoms with E-state index in [1.54, 1.807) is 0 Å². The van der Waals surface area contributed by atoms with E-state index in [0.29, 0.717) is 0 Å². The van der Waals surface area contributed by atoms with Crippen LogP contribution in [0.2, 0.25) is 0 Å². The zero-order valence-electron chi connectivity index (χ0n) is 21.0. The van der Waals surface area contributed by atoms with Crippen molar-refractivity contribution in [2.24, 2.45) is 0 Å². The minimum absolute atomic E-state index is 0.260. The molecule has 0 radical (unpaired) electrons. The minimum atomic E-state index is -0.260. The van der Waals surface area contributed by atoms with Crippen molar-refractivity contribution in [1.82, 2.24) is 0 Å². The molecule has 0 heterocycles. The molecule has 0 fully saturated rings. The summed E-state index contributed by atoms with van der Waals surface area (Å²) in [6.45, 7) is 4.58. The number of hydrogen-bond acceptors (Lipinski definition) is 0. The lowest BCUT2D eigenvalue weighted by Gasteiger charge is -2.31. The van der Waals surface area contributed by atoms with Gasteiger partial charge in [0.15, 0.2) is 0 Å². The molecule has 0 heteroatoms. The van der Waals surface area contributed by atoms with Crippen LogP contribution < -0.4 is 0 Å². The summed E-state index contributed by atoms with van der Waals surface area (Å²) in [5.74, 6) is 0. The van der Waals surface area contributed by atoms with Gasteiger partial charge in [-0.2, -0.15) is 0 Å². The predicted molar refractivity (Wildman–Crippen MR) is 152 cm³/mol. The van der Waals surface area contributed by atoms with Gasteiger partial charge < -0.3 is 0 Å². The van der Waals surface area contributed by atoms with Crippen LogP contribution in [0.3, 0.4) is 0 Å². The molecule has 1 spiro atoms. The van der Waals surface area contributed by atoms with Crippen LogP contribution in [0.15, 0.2) is 109 Å². The minimum Gasteiger partial charge on any atom is -0.0654 e. The van der Waals surface area contributed by atoms with Gasteiger partial charge in [-0.05, 0) is 92.6 Å². The number of unbranched alkanes of at least 4 members (excludes halogenated alkanes) is 1. The molecule has 5 aromatic carbocycles. The van der Waals surface area contributed by atoms with Crippen LogP contribution in [0, 0.1) is 6.92 Å². The normalized spacial score (nSPS) is 13.8. The molecule has 0 saturated heterocycles. The number of aryl methyl sites for hydroxylation is 2. The van der Waals surface area contributed by atoms with Gasteiger partial charge in [-0.15, -0.1) is 0 Å². The highest BCUT2D eigenvalue weighted by Crippen LogP contribution is 2.63. The second kappa shape index (κ2) is 8.07. The van der Waals surface area contributed by atoms with Crippen molar-refractivity contribution in [3.05, 3.63) is 143 Å². The molecule has 5 aromatic rings. The summed E-state index contributed by atoms with van der Waals surface area (Å²) < 4.78 is 0. The zero-order chi connectivity index (χ0) is 24.3. The molecule has 0 atom stereocenters. The Morgan fingerprint density at radius 3 is 1.58 bits per heavy atom. The predicted octanol–water partition coefficient (Wildman–Crippen LogP) is 9.35. The maximum Gasteiger partial charge on any atom is 0.0725 e. The van der Waals surface area contributed by atoms with Gasteiger partial charge in [0.05, 0.1) is 5.41 Å². The molecule has 0 aliphatic heterocycles. The lowest BCUT2D eigenvalue weighted by molar-refractivity contribution is 0.792. The average Bonchev–Trinajstić information content (AvgIpc) is 3.38. The van der Waals surface area contributed by atoms with Crippen LogP contribution in [0.25, 0.3) is 33.4 Å². The van der Waals surface area contributed by atoms with Crippen LogP contribution in [0.4, 0.5) is 0 Å². The second-order valence-electron chi connectivity index (χ2n) is 10.4. The first-order valence-electron chi connectivity index (χ1n) is 13.3. The van der Waals surface area contributed by atoms with Crippen molar-refractivity contribution in [3.8, 4) is 33.4 Å². The molecule has 0 N–H and O–H groups in total. The van der Waals surface area contributed by atoms with E-state index in [2.05, 4.69) is 123 Å². The molecule has 2 aliphatic rings. The van der Waals surface area contributed by atoms with Crippen LogP contribution in [-0.4, -0.2) is 0 Å². The van der Waals surface area contributed by atoms with E-state index in [0.717, 1.165) is 6.42 Å². The summed E-state index contributed by atoms with van der Waals surface area (Å²) in [4.78, 5) is 0. The molecule has 0 bridgehead atoms. The molecule has 2 aliphatic carbocycles. The van der Waals surface area contributed by atoms with E-state index in [1.807, 2.05) is 0 Å². The molecule has 0 aromatic heterocycles. The fourth-order valence-corrected chi connectivity index (χ4v) is 6.90. The van der Waals surface area contributed by atoms with Gasteiger partial charge in [-0.25, -0.2) is 0 Å². The Bertz CT molecular complexity index is 1590. The molecule has 0 saturated carbocycles. The van der Waals surface area contributed by atoms with Crippen molar-refractivity contribution in [2.45, 2.75) is 38.5 Å². The summed E-state index contributed by atoms with van der Waals surface area (Å²) >= 11 is 0. The smallest absolute Gasteiger partial charge is 0.0654 e. The third-order valence-electron chi connectivity index (χ3n) is 8.45. The van der Waals surface area contributed by atoms with Crippen LogP contribution >= 0.6 is 0 Å². The largest absolute Gasteiger partial charge is 0.0725 e. The number of rotatable bonds is 4. The summed E-state index contributed by atoms with van der Waals surface area (Å²) in [6, 6.07) is 41.2. The average molecular weight is 463 g/mol. The first-order valence-corrected chi connectivity index (χ1v) is 13.3. The van der Waals surface area contributed by atoms with Crippen molar-refractivity contribution in [1.29, 1.82) is 0 Å². The van der Waals surface area contributed by atoms with E-state index < -0.39 is 0 Å². The Kier molecular flexibility index (Phi) is 4.79. The molecule has 174 valence electrons. The summed E-state index contributed by atoms with van der Waals surface area (Å²) in [7, 11) is 0. The Morgan fingerprint density at radius 2 is 1.00 bits per heavy atom. The van der Waals surface area contributed by atoms with Gasteiger partial charge in [-0.3, -0.25) is 0 Å². The van der Waals surface area contributed by atoms with Gasteiger partial charge in [0.2, 0.25) is 0 Å². The SMILES string of the molecule is CCCCc1ccccc1-c1cc2c(cc1C)C1(c3ccccc3-c3ccccc31)c1ccccc1-2. The maximum absolute atomic E-state index is 2.50. The maximum atomic E-state index is 2.50. The Labute approximate surface area is 214 Å². The highest BCUT2D eigenvalue weighted by atomic mass is 14.5. The van der Waals surface area contributed by atoms with Crippen molar-refractivity contribution >= 4 is 0 Å². The lowest BCUT2D eigenvalue weighted by Crippen LogP contribution is -2.25. The van der Waals surface area contributed by atoms with Crippen molar-refractivity contribution in [2.75, 3.05) is 0 Å². The van der Waals surface area contributed by atoms with Crippen LogP contribution in [0.5, 0.6) is 0 Å². The van der Waals surface area contributed by atoms with Gasteiger partial charge in [0.1, 0.15) is 0 Å². The van der Waals surface area contributed by atoms with E-state index in [4.69, 9.17) is 0 Å². The Hall–Kier alpha value is -3.90. The van der Waals surface area contributed by atoms with E-state index in [9.17, 15) is 0 Å². The standard InChI is InChI=1S/C36H30/c1-3-4-13-25-14-5-6-15-26(25)30-23-31-29-18-9-12-21-34(29)36(35(31)22-24(30)2)32-19-10-7-16-27(32)28-17-8-11-20-33(28)36/h5-12,14-23H,3-4,13H2,1-2H3. The first kappa shape index (κ1) is 21.4. The van der Waals surface area contributed by atoms with E-state index in [1.165, 1.54) is 79.6 Å². The van der Waals surface area contributed by atoms with E-state index in [-0.39, 0.29) is 5.41 Å². The quantitative estimate of drug-likeness (QED) is 0.244. The molecule has 7 rings (SSSR count). The lowest BCUT2D eigenvalue weighted by atomic mass is 9.70. The van der Waals surface area contributed by atoms with Gasteiger partial charge in [0, 0.05) is 0 Å². The second-order valence-corrected chi connectivity index (χ2v) is 10.4. The summed E-state index contributed by atoms with van der Waals surface area (Å²) in [5, 5.41) is 0.